The van der Waals surface area contributed by atoms with Crippen LogP contribution in [0.15, 0.2) is 18.2 Å². The van der Waals surface area contributed by atoms with Crippen LogP contribution in [0, 0.1) is 0 Å². The first-order valence-electron chi connectivity index (χ1n) is 7.83. The standard InChI is InChI=1S/C16H18N6O2/c1-24-9-4-5-11-10(7-9)15(20-19-11)18-16(23)14-12(8-17)21-22-6-2-3-13(14)22/h4-5,7H,2-3,6,8,17H2,1H3,(H2,18,19,20,23). The summed E-state index contributed by atoms with van der Waals surface area (Å²) >= 11 is 0. The molecule has 0 saturated carbocycles. The van der Waals surface area contributed by atoms with Crippen LogP contribution in [0.4, 0.5) is 5.82 Å². The van der Waals surface area contributed by atoms with Gasteiger partial charge in [-0.25, -0.2) is 0 Å². The first-order chi connectivity index (χ1) is 11.7. The number of nitrogens with one attached hydrogen (secondary N) is 2. The Hall–Kier alpha value is -2.87. The van der Waals surface area contributed by atoms with Gasteiger partial charge < -0.3 is 15.8 Å². The summed E-state index contributed by atoms with van der Waals surface area (Å²) < 4.78 is 7.11. The number of benzene rings is 1. The Kier molecular flexibility index (Phi) is 3.46. The van der Waals surface area contributed by atoms with Crippen LogP contribution in [-0.2, 0) is 19.5 Å². The van der Waals surface area contributed by atoms with Crippen LogP contribution >= 0.6 is 0 Å². The molecule has 1 amide bonds. The van der Waals surface area contributed by atoms with E-state index in [1.165, 1.54) is 0 Å². The SMILES string of the molecule is COc1ccc2[nH]nc(NC(=O)c3c(CN)nn4c3CCC4)c2c1. The lowest BCUT2D eigenvalue weighted by Crippen LogP contribution is -2.16. The maximum Gasteiger partial charge on any atom is 0.260 e. The molecule has 3 aromatic rings. The fraction of sp³-hybridized carbons (Fsp3) is 0.312. The van der Waals surface area contributed by atoms with Gasteiger partial charge in [0.25, 0.3) is 5.91 Å². The van der Waals surface area contributed by atoms with Crippen LogP contribution < -0.4 is 15.8 Å². The quantitative estimate of drug-likeness (QED) is 0.671. The third-order valence-electron chi connectivity index (χ3n) is 4.34. The molecule has 0 aliphatic carbocycles. The number of H-pyrrole nitrogens is 1. The molecule has 0 spiro atoms. The molecule has 8 nitrogen and oxygen atoms in total. The zero-order valence-corrected chi connectivity index (χ0v) is 13.3. The molecule has 1 aromatic carbocycles. The smallest absolute Gasteiger partial charge is 0.260 e. The van der Waals surface area contributed by atoms with Gasteiger partial charge in [0.15, 0.2) is 5.82 Å². The Labute approximate surface area is 138 Å². The van der Waals surface area contributed by atoms with E-state index < -0.39 is 0 Å². The van der Waals surface area contributed by atoms with Gasteiger partial charge in [-0.1, -0.05) is 0 Å². The Morgan fingerprint density at radius 2 is 2.38 bits per heavy atom. The van der Waals surface area contributed by atoms with Gasteiger partial charge in [0, 0.05) is 18.5 Å². The third kappa shape index (κ3) is 2.23. The lowest BCUT2D eigenvalue weighted by atomic mass is 10.1. The number of nitrogens with zero attached hydrogens (tertiary/aromatic N) is 3. The maximum atomic E-state index is 12.8. The van der Waals surface area contributed by atoms with Crippen LogP contribution in [0.25, 0.3) is 10.9 Å². The van der Waals surface area contributed by atoms with E-state index in [4.69, 9.17) is 10.5 Å². The van der Waals surface area contributed by atoms with Crippen molar-refractivity contribution in [2.24, 2.45) is 5.73 Å². The van der Waals surface area contributed by atoms with Crippen molar-refractivity contribution in [1.82, 2.24) is 20.0 Å². The van der Waals surface area contributed by atoms with Crippen molar-refractivity contribution >= 4 is 22.6 Å². The minimum Gasteiger partial charge on any atom is -0.497 e. The molecule has 8 heteroatoms. The largest absolute Gasteiger partial charge is 0.497 e. The second-order valence-corrected chi connectivity index (χ2v) is 5.74. The van der Waals surface area contributed by atoms with Gasteiger partial charge in [0.1, 0.15) is 5.75 Å². The monoisotopic (exact) mass is 326 g/mol. The van der Waals surface area contributed by atoms with Gasteiger partial charge in [-0.15, -0.1) is 0 Å². The van der Waals surface area contributed by atoms with Crippen LogP contribution in [-0.4, -0.2) is 33.0 Å². The molecule has 0 unspecified atom stereocenters. The van der Waals surface area contributed by atoms with E-state index in [0.717, 1.165) is 36.0 Å². The molecule has 2 aromatic heterocycles. The average Bonchev–Trinajstić information content (AvgIpc) is 3.28. The topological polar surface area (TPSA) is 111 Å². The first-order valence-corrected chi connectivity index (χ1v) is 7.83. The summed E-state index contributed by atoms with van der Waals surface area (Å²) in [6.07, 6.45) is 1.83. The zero-order chi connectivity index (χ0) is 16.7. The molecule has 1 aliphatic rings. The molecule has 1 aliphatic heterocycles. The van der Waals surface area contributed by atoms with E-state index in [0.29, 0.717) is 22.8 Å². The Morgan fingerprint density at radius 3 is 3.17 bits per heavy atom. The fourth-order valence-electron chi connectivity index (χ4n) is 3.18. The number of anilines is 1. The van der Waals surface area contributed by atoms with Crippen molar-refractivity contribution < 1.29 is 9.53 Å². The molecule has 4 N–H and O–H groups in total. The number of aromatic amines is 1. The van der Waals surface area contributed by atoms with E-state index in [1.807, 2.05) is 22.9 Å². The number of rotatable bonds is 4. The second kappa shape index (κ2) is 5.64. The molecule has 0 radical (unpaired) electrons. The molecular weight excluding hydrogens is 308 g/mol. The van der Waals surface area contributed by atoms with E-state index in [1.54, 1.807) is 7.11 Å². The van der Waals surface area contributed by atoms with Crippen LogP contribution in [0.2, 0.25) is 0 Å². The predicted octanol–water partition coefficient (Wildman–Crippen LogP) is 1.43. The van der Waals surface area contributed by atoms with Crippen molar-refractivity contribution in [3.05, 3.63) is 35.2 Å². The molecule has 124 valence electrons. The predicted molar refractivity (Wildman–Crippen MR) is 89.0 cm³/mol. The fourth-order valence-corrected chi connectivity index (χ4v) is 3.18. The first kappa shape index (κ1) is 14.7. The average molecular weight is 326 g/mol. The van der Waals surface area contributed by atoms with Crippen LogP contribution in [0.5, 0.6) is 5.75 Å². The highest BCUT2D eigenvalue weighted by Crippen LogP contribution is 2.27. The molecule has 0 saturated heterocycles. The number of hydrogen-bond acceptors (Lipinski definition) is 5. The molecule has 0 atom stereocenters. The summed E-state index contributed by atoms with van der Waals surface area (Å²) in [6, 6.07) is 5.53. The number of aromatic nitrogens is 4. The number of carbonyl (C=O) groups is 1. The van der Waals surface area contributed by atoms with E-state index in [2.05, 4.69) is 20.6 Å². The lowest BCUT2D eigenvalue weighted by molar-refractivity contribution is 0.102. The highest BCUT2D eigenvalue weighted by atomic mass is 16.5. The summed E-state index contributed by atoms with van der Waals surface area (Å²) in [7, 11) is 1.60. The van der Waals surface area contributed by atoms with Gasteiger partial charge in [-0.2, -0.15) is 10.2 Å². The van der Waals surface area contributed by atoms with E-state index in [-0.39, 0.29) is 12.5 Å². The summed E-state index contributed by atoms with van der Waals surface area (Å²) in [6.45, 7) is 1.07. The van der Waals surface area contributed by atoms with Gasteiger partial charge >= 0.3 is 0 Å². The van der Waals surface area contributed by atoms with Crippen molar-refractivity contribution in [2.75, 3.05) is 12.4 Å². The van der Waals surface area contributed by atoms with E-state index in [9.17, 15) is 4.79 Å². The molecule has 4 rings (SSSR count). The zero-order valence-electron chi connectivity index (χ0n) is 13.3. The summed E-state index contributed by atoms with van der Waals surface area (Å²) in [4.78, 5) is 12.8. The minimum atomic E-state index is -0.227. The number of ether oxygens (including phenoxy) is 1. The molecule has 0 fully saturated rings. The second-order valence-electron chi connectivity index (χ2n) is 5.74. The molecule has 24 heavy (non-hydrogen) atoms. The van der Waals surface area contributed by atoms with Gasteiger partial charge in [-0.3, -0.25) is 14.6 Å². The minimum absolute atomic E-state index is 0.227. The van der Waals surface area contributed by atoms with Crippen molar-refractivity contribution in [3.63, 3.8) is 0 Å². The maximum absolute atomic E-state index is 12.8. The normalized spacial score (nSPS) is 13.2. The number of hydrogen-bond donors (Lipinski definition) is 3. The van der Waals surface area contributed by atoms with Gasteiger partial charge in [0.2, 0.25) is 0 Å². The Morgan fingerprint density at radius 1 is 1.50 bits per heavy atom. The lowest BCUT2D eigenvalue weighted by Gasteiger charge is -2.05. The molecule has 0 bridgehead atoms. The summed E-state index contributed by atoms with van der Waals surface area (Å²) in [5.74, 6) is 0.943. The Balaban J connectivity index is 1.70. The Bertz CT molecular complexity index is 926. The number of amides is 1. The van der Waals surface area contributed by atoms with Crippen LogP contribution in [0.3, 0.4) is 0 Å². The summed E-state index contributed by atoms with van der Waals surface area (Å²) in [5, 5.41) is 15.2. The van der Waals surface area contributed by atoms with Crippen LogP contribution in [0.1, 0.15) is 28.2 Å². The van der Waals surface area contributed by atoms with Crippen molar-refractivity contribution in [3.8, 4) is 5.75 Å². The molecular formula is C16H18N6O2. The third-order valence-corrected chi connectivity index (χ3v) is 4.34. The highest BCUT2D eigenvalue weighted by molar-refractivity contribution is 6.09. The van der Waals surface area contributed by atoms with Crippen molar-refractivity contribution in [1.29, 1.82) is 0 Å². The number of aryl methyl sites for hydroxylation is 1. The number of nitrogens with two attached hydrogens (primary N) is 1. The highest BCUT2D eigenvalue weighted by Gasteiger charge is 2.26. The summed E-state index contributed by atoms with van der Waals surface area (Å²) in [5.41, 5.74) is 8.73. The number of fused-ring (bicyclic) bond motifs is 2. The van der Waals surface area contributed by atoms with E-state index >= 15 is 0 Å². The van der Waals surface area contributed by atoms with Gasteiger partial charge in [-0.05, 0) is 31.0 Å². The van der Waals surface area contributed by atoms with Crippen molar-refractivity contribution in [2.45, 2.75) is 25.9 Å². The van der Waals surface area contributed by atoms with Gasteiger partial charge in [0.05, 0.1) is 29.6 Å². The molecule has 3 heterocycles. The number of methoxy groups -OCH3 is 1. The number of carbonyl (C=O) groups excluding carboxylic acids is 1.